The van der Waals surface area contributed by atoms with Gasteiger partial charge in [-0.05, 0) is 61.7 Å². The molecular formula is C27H29N3O5. The highest BCUT2D eigenvalue weighted by Gasteiger charge is 2.16. The molecule has 1 heterocycles. The Balaban J connectivity index is 1.54. The van der Waals surface area contributed by atoms with Gasteiger partial charge in [-0.3, -0.25) is 9.59 Å². The number of Topliss-reactive ketones (excluding diaryl/α,β-unsaturated/α-hetero) is 1. The second-order valence-corrected chi connectivity index (χ2v) is 7.76. The number of hydrogen-bond acceptors (Lipinski definition) is 7. The number of carbonyl (C=O) groups is 3. The fourth-order valence-corrected chi connectivity index (χ4v) is 3.31. The summed E-state index contributed by atoms with van der Waals surface area (Å²) in [5.74, 6) is 0.0846. The number of aromatic nitrogens is 1. The van der Waals surface area contributed by atoms with E-state index in [1.807, 2.05) is 43.3 Å². The van der Waals surface area contributed by atoms with E-state index < -0.39 is 5.97 Å². The van der Waals surface area contributed by atoms with Crippen molar-refractivity contribution in [1.29, 1.82) is 0 Å². The number of amides is 1. The minimum atomic E-state index is -0.644. The lowest BCUT2D eigenvalue weighted by atomic mass is 10.1. The van der Waals surface area contributed by atoms with Crippen molar-refractivity contribution in [2.75, 3.05) is 25.1 Å². The van der Waals surface area contributed by atoms with Crippen molar-refractivity contribution in [2.45, 2.75) is 26.7 Å². The molecule has 0 aliphatic carbocycles. The van der Waals surface area contributed by atoms with Crippen LogP contribution in [0.1, 0.15) is 46.5 Å². The van der Waals surface area contributed by atoms with Gasteiger partial charge in [-0.2, -0.15) is 0 Å². The third-order valence-electron chi connectivity index (χ3n) is 5.08. The van der Waals surface area contributed by atoms with Crippen molar-refractivity contribution in [3.63, 3.8) is 0 Å². The van der Waals surface area contributed by atoms with Crippen LogP contribution in [0.15, 0.2) is 66.9 Å². The summed E-state index contributed by atoms with van der Waals surface area (Å²) in [6.07, 6.45) is 3.16. The van der Waals surface area contributed by atoms with E-state index in [0.717, 1.165) is 29.8 Å². The second-order valence-electron chi connectivity index (χ2n) is 7.76. The Hall–Kier alpha value is -4.20. The van der Waals surface area contributed by atoms with Crippen LogP contribution in [-0.2, 0) is 16.0 Å². The van der Waals surface area contributed by atoms with E-state index in [9.17, 15) is 14.4 Å². The monoisotopic (exact) mass is 475 g/mol. The van der Waals surface area contributed by atoms with Crippen molar-refractivity contribution in [3.8, 4) is 5.75 Å². The Morgan fingerprint density at radius 2 is 1.71 bits per heavy atom. The van der Waals surface area contributed by atoms with Crippen LogP contribution in [0.25, 0.3) is 0 Å². The van der Waals surface area contributed by atoms with Gasteiger partial charge in [-0.25, -0.2) is 9.78 Å². The minimum absolute atomic E-state index is 0.0501. The Bertz CT molecular complexity index is 1140. The predicted octanol–water partition coefficient (Wildman–Crippen LogP) is 4.33. The van der Waals surface area contributed by atoms with E-state index in [4.69, 9.17) is 9.47 Å². The summed E-state index contributed by atoms with van der Waals surface area (Å²) in [6.45, 7) is 4.20. The maximum absolute atomic E-state index is 12.7. The lowest BCUT2D eigenvalue weighted by Gasteiger charge is -2.11. The number of carbonyl (C=O) groups excluding carboxylic acids is 3. The zero-order valence-corrected chi connectivity index (χ0v) is 19.9. The number of ether oxygens (including phenoxy) is 2. The third kappa shape index (κ3) is 7.96. The molecule has 0 fully saturated rings. The fourth-order valence-electron chi connectivity index (χ4n) is 3.31. The summed E-state index contributed by atoms with van der Waals surface area (Å²) in [5, 5.41) is 5.85. The van der Waals surface area contributed by atoms with Gasteiger partial charge in [0, 0.05) is 30.9 Å². The first-order valence-electron chi connectivity index (χ1n) is 11.4. The predicted molar refractivity (Wildman–Crippen MR) is 133 cm³/mol. The molecular weight excluding hydrogens is 446 g/mol. The van der Waals surface area contributed by atoms with Crippen molar-refractivity contribution >= 4 is 29.2 Å². The Labute approximate surface area is 204 Å². The van der Waals surface area contributed by atoms with Gasteiger partial charge in [0.2, 0.25) is 5.91 Å². The number of aryl methyl sites for hydroxylation is 1. The molecule has 3 aromatic rings. The molecule has 0 aliphatic rings. The van der Waals surface area contributed by atoms with Gasteiger partial charge in [-0.15, -0.1) is 0 Å². The van der Waals surface area contributed by atoms with Crippen LogP contribution < -0.4 is 15.4 Å². The minimum Gasteiger partial charge on any atom is -0.494 e. The summed E-state index contributed by atoms with van der Waals surface area (Å²) >= 11 is 0. The Morgan fingerprint density at radius 1 is 0.971 bits per heavy atom. The second kappa shape index (κ2) is 12.9. The number of ketones is 1. The standard InChI is InChI=1S/C27H29N3O5/c1-3-34-23-14-12-22(13-15-23)30-26-24(7-5-17-29-26)27(33)35-18-25(32)21-10-8-20(9-11-21)6-4-16-28-19(2)31/h5,7-15,17H,3-4,6,16,18H2,1-2H3,(H,28,31)(H,29,30). The van der Waals surface area contributed by atoms with E-state index in [0.29, 0.717) is 24.5 Å². The zero-order chi connectivity index (χ0) is 25.0. The largest absolute Gasteiger partial charge is 0.494 e. The SMILES string of the molecule is CCOc1ccc(Nc2ncccc2C(=O)OCC(=O)c2ccc(CCCNC(C)=O)cc2)cc1. The molecule has 35 heavy (non-hydrogen) atoms. The molecule has 0 radical (unpaired) electrons. The van der Waals surface area contributed by atoms with Crippen LogP contribution in [0.5, 0.6) is 5.75 Å². The first-order chi connectivity index (χ1) is 17.0. The van der Waals surface area contributed by atoms with Gasteiger partial charge in [0.05, 0.1) is 6.61 Å². The molecule has 1 amide bonds. The number of pyridine rings is 1. The maximum Gasteiger partial charge on any atom is 0.342 e. The van der Waals surface area contributed by atoms with Gasteiger partial charge in [0.15, 0.2) is 12.4 Å². The molecule has 0 aliphatic heterocycles. The maximum atomic E-state index is 12.7. The Morgan fingerprint density at radius 3 is 2.40 bits per heavy atom. The summed E-state index contributed by atoms with van der Waals surface area (Å²) in [5.41, 5.74) is 2.48. The van der Waals surface area contributed by atoms with E-state index in [1.165, 1.54) is 6.92 Å². The number of hydrogen-bond donors (Lipinski definition) is 2. The van der Waals surface area contributed by atoms with Crippen LogP contribution in [0.4, 0.5) is 11.5 Å². The van der Waals surface area contributed by atoms with E-state index in [2.05, 4.69) is 15.6 Å². The van der Waals surface area contributed by atoms with Crippen molar-refractivity contribution < 1.29 is 23.9 Å². The van der Waals surface area contributed by atoms with Gasteiger partial charge in [0.1, 0.15) is 17.1 Å². The Kier molecular flexibility index (Phi) is 9.36. The summed E-state index contributed by atoms with van der Waals surface area (Å²) in [7, 11) is 0. The van der Waals surface area contributed by atoms with Crippen molar-refractivity contribution in [2.24, 2.45) is 0 Å². The molecule has 0 saturated carbocycles. The molecule has 0 unspecified atom stereocenters. The van der Waals surface area contributed by atoms with Crippen LogP contribution >= 0.6 is 0 Å². The number of esters is 1. The topological polar surface area (TPSA) is 107 Å². The molecule has 0 spiro atoms. The molecule has 1 aromatic heterocycles. The lowest BCUT2D eigenvalue weighted by molar-refractivity contribution is -0.118. The average Bonchev–Trinajstić information content (AvgIpc) is 2.87. The highest BCUT2D eigenvalue weighted by molar-refractivity contribution is 6.00. The lowest BCUT2D eigenvalue weighted by Crippen LogP contribution is -2.21. The number of rotatable bonds is 12. The van der Waals surface area contributed by atoms with Crippen LogP contribution in [0.3, 0.4) is 0 Å². The molecule has 2 N–H and O–H groups in total. The van der Waals surface area contributed by atoms with Gasteiger partial charge in [0.25, 0.3) is 0 Å². The molecule has 8 heteroatoms. The number of anilines is 2. The van der Waals surface area contributed by atoms with E-state index >= 15 is 0 Å². The quantitative estimate of drug-likeness (QED) is 0.228. The van der Waals surface area contributed by atoms with Gasteiger partial charge >= 0.3 is 5.97 Å². The van der Waals surface area contributed by atoms with Crippen LogP contribution in [-0.4, -0.2) is 42.4 Å². The molecule has 2 aromatic carbocycles. The molecule has 8 nitrogen and oxygen atoms in total. The van der Waals surface area contributed by atoms with Gasteiger partial charge < -0.3 is 20.1 Å². The fraction of sp³-hybridized carbons (Fsp3) is 0.259. The smallest absolute Gasteiger partial charge is 0.342 e. The number of nitrogens with zero attached hydrogens (tertiary/aromatic N) is 1. The van der Waals surface area contributed by atoms with Crippen LogP contribution in [0.2, 0.25) is 0 Å². The highest BCUT2D eigenvalue weighted by Crippen LogP contribution is 2.22. The van der Waals surface area contributed by atoms with Crippen molar-refractivity contribution in [3.05, 3.63) is 83.6 Å². The first-order valence-corrected chi connectivity index (χ1v) is 11.4. The zero-order valence-electron chi connectivity index (χ0n) is 19.9. The third-order valence-corrected chi connectivity index (χ3v) is 5.08. The van der Waals surface area contributed by atoms with E-state index in [1.54, 1.807) is 30.5 Å². The molecule has 0 atom stereocenters. The van der Waals surface area contributed by atoms with E-state index in [-0.39, 0.29) is 23.9 Å². The van der Waals surface area contributed by atoms with Gasteiger partial charge in [-0.1, -0.05) is 24.3 Å². The summed E-state index contributed by atoms with van der Waals surface area (Å²) in [6, 6.07) is 17.7. The molecule has 0 bridgehead atoms. The normalized spacial score (nSPS) is 10.3. The summed E-state index contributed by atoms with van der Waals surface area (Å²) < 4.78 is 10.7. The van der Waals surface area contributed by atoms with Crippen LogP contribution in [0, 0.1) is 0 Å². The number of benzene rings is 2. The average molecular weight is 476 g/mol. The molecule has 182 valence electrons. The number of nitrogens with one attached hydrogen (secondary N) is 2. The first kappa shape index (κ1) is 25.4. The molecule has 3 rings (SSSR count). The molecule has 0 saturated heterocycles. The highest BCUT2D eigenvalue weighted by atomic mass is 16.5. The van der Waals surface area contributed by atoms with Crippen molar-refractivity contribution in [1.82, 2.24) is 10.3 Å². The summed E-state index contributed by atoms with van der Waals surface area (Å²) in [4.78, 5) is 40.3.